The third-order valence-corrected chi connectivity index (χ3v) is 3.26. The van der Waals surface area contributed by atoms with E-state index in [1.54, 1.807) is 0 Å². The van der Waals surface area contributed by atoms with Crippen molar-refractivity contribution in [3.05, 3.63) is 35.4 Å². The van der Waals surface area contributed by atoms with E-state index in [2.05, 4.69) is 43.4 Å². The Bertz CT molecular complexity index is 421. The number of methoxy groups -OCH3 is 1. The van der Waals surface area contributed by atoms with Crippen LogP contribution in [0.25, 0.3) is 0 Å². The lowest BCUT2D eigenvalue weighted by molar-refractivity contribution is -0.124. The summed E-state index contributed by atoms with van der Waals surface area (Å²) in [5.74, 6) is 0.367. The monoisotopic (exact) mass is 314 g/mol. The fraction of sp³-hybridized carbons (Fsp3) is 0.562. The van der Waals surface area contributed by atoms with Crippen LogP contribution in [0.5, 0.6) is 0 Å². The first-order valence-corrected chi connectivity index (χ1v) is 7.07. The van der Waals surface area contributed by atoms with Crippen LogP contribution >= 0.6 is 12.4 Å². The summed E-state index contributed by atoms with van der Waals surface area (Å²) in [6, 6.07) is 7.97. The van der Waals surface area contributed by atoms with Gasteiger partial charge in [0.2, 0.25) is 5.91 Å². The molecule has 1 amide bonds. The SMILES string of the molecule is COCC(N)C(=O)NC(C)Cc1ccc(C(C)C)cc1.Cl. The Labute approximate surface area is 133 Å². The lowest BCUT2D eigenvalue weighted by Crippen LogP contribution is -2.47. The molecule has 0 aromatic heterocycles. The van der Waals surface area contributed by atoms with E-state index in [9.17, 15) is 4.79 Å². The molecule has 1 aromatic rings. The van der Waals surface area contributed by atoms with Gasteiger partial charge in [-0.05, 0) is 30.4 Å². The summed E-state index contributed by atoms with van der Waals surface area (Å²) in [5.41, 5.74) is 8.22. The molecule has 4 nitrogen and oxygen atoms in total. The zero-order valence-electron chi connectivity index (χ0n) is 13.3. The molecule has 120 valence electrons. The van der Waals surface area contributed by atoms with Crippen LogP contribution in [-0.4, -0.2) is 31.7 Å². The highest BCUT2D eigenvalue weighted by Gasteiger charge is 2.15. The zero-order valence-corrected chi connectivity index (χ0v) is 14.1. The van der Waals surface area contributed by atoms with E-state index < -0.39 is 6.04 Å². The van der Waals surface area contributed by atoms with Gasteiger partial charge in [0.05, 0.1) is 6.61 Å². The summed E-state index contributed by atoms with van der Waals surface area (Å²) in [6.07, 6.45) is 0.795. The van der Waals surface area contributed by atoms with Gasteiger partial charge in [0, 0.05) is 13.2 Å². The van der Waals surface area contributed by atoms with Crippen LogP contribution in [0.15, 0.2) is 24.3 Å². The topological polar surface area (TPSA) is 64.3 Å². The van der Waals surface area contributed by atoms with Crippen molar-refractivity contribution in [2.75, 3.05) is 13.7 Å². The highest BCUT2D eigenvalue weighted by molar-refractivity contribution is 5.85. The second kappa shape index (κ2) is 9.77. The predicted molar refractivity (Wildman–Crippen MR) is 88.9 cm³/mol. The second-order valence-corrected chi connectivity index (χ2v) is 5.57. The Kier molecular flexibility index (Phi) is 9.26. The Morgan fingerprint density at radius 1 is 1.24 bits per heavy atom. The number of hydrogen-bond donors (Lipinski definition) is 2. The fourth-order valence-electron chi connectivity index (χ4n) is 2.05. The molecule has 0 heterocycles. The maximum Gasteiger partial charge on any atom is 0.239 e. The third-order valence-electron chi connectivity index (χ3n) is 3.26. The van der Waals surface area contributed by atoms with Gasteiger partial charge in [-0.15, -0.1) is 12.4 Å². The average molecular weight is 315 g/mol. The molecule has 2 atom stereocenters. The first-order valence-electron chi connectivity index (χ1n) is 7.07. The quantitative estimate of drug-likeness (QED) is 0.811. The van der Waals surface area contributed by atoms with Crippen molar-refractivity contribution in [3.63, 3.8) is 0 Å². The Balaban J connectivity index is 0.00000400. The maximum absolute atomic E-state index is 11.8. The number of halogens is 1. The lowest BCUT2D eigenvalue weighted by Gasteiger charge is -2.17. The standard InChI is InChI=1S/C16H26N2O2.ClH/c1-11(2)14-7-5-13(6-8-14)9-12(3)18-16(19)15(17)10-20-4;/h5-8,11-12,15H,9-10,17H2,1-4H3,(H,18,19);1H. The number of benzene rings is 1. The van der Waals surface area contributed by atoms with E-state index in [4.69, 9.17) is 10.5 Å². The van der Waals surface area contributed by atoms with Crippen LogP contribution in [0, 0.1) is 0 Å². The minimum Gasteiger partial charge on any atom is -0.383 e. The fourth-order valence-corrected chi connectivity index (χ4v) is 2.05. The number of rotatable bonds is 7. The Morgan fingerprint density at radius 3 is 2.29 bits per heavy atom. The normalized spacial score (nSPS) is 13.4. The molecule has 0 fully saturated rings. The van der Waals surface area contributed by atoms with Crippen molar-refractivity contribution < 1.29 is 9.53 Å². The second-order valence-electron chi connectivity index (χ2n) is 5.57. The van der Waals surface area contributed by atoms with Gasteiger partial charge in [0.1, 0.15) is 6.04 Å². The molecule has 0 radical (unpaired) electrons. The smallest absolute Gasteiger partial charge is 0.239 e. The molecular weight excluding hydrogens is 288 g/mol. The van der Waals surface area contributed by atoms with Crippen molar-refractivity contribution in [2.24, 2.45) is 5.73 Å². The predicted octanol–water partition coefficient (Wildman–Crippen LogP) is 2.25. The minimum absolute atomic E-state index is 0. The molecule has 1 aromatic carbocycles. The molecule has 1 rings (SSSR count). The van der Waals surface area contributed by atoms with Crippen LogP contribution in [-0.2, 0) is 16.0 Å². The third kappa shape index (κ3) is 6.93. The summed E-state index contributed by atoms with van der Waals surface area (Å²) in [5, 5.41) is 2.91. The van der Waals surface area contributed by atoms with Crippen molar-refractivity contribution in [1.29, 1.82) is 0 Å². The van der Waals surface area contributed by atoms with Crippen molar-refractivity contribution in [3.8, 4) is 0 Å². The average Bonchev–Trinajstić information content (AvgIpc) is 2.39. The molecular formula is C16H27ClN2O2. The van der Waals surface area contributed by atoms with Gasteiger partial charge in [-0.25, -0.2) is 0 Å². The largest absolute Gasteiger partial charge is 0.383 e. The van der Waals surface area contributed by atoms with Crippen LogP contribution in [0.2, 0.25) is 0 Å². The van der Waals surface area contributed by atoms with Crippen LogP contribution in [0.3, 0.4) is 0 Å². The van der Waals surface area contributed by atoms with Crippen molar-refractivity contribution in [2.45, 2.75) is 45.2 Å². The van der Waals surface area contributed by atoms with E-state index in [0.29, 0.717) is 5.92 Å². The van der Waals surface area contributed by atoms with E-state index in [1.165, 1.54) is 18.2 Å². The highest BCUT2D eigenvalue weighted by Crippen LogP contribution is 2.15. The van der Waals surface area contributed by atoms with Gasteiger partial charge in [-0.1, -0.05) is 38.1 Å². The maximum atomic E-state index is 11.8. The first-order chi connectivity index (χ1) is 9.43. The highest BCUT2D eigenvalue weighted by atomic mass is 35.5. The summed E-state index contributed by atoms with van der Waals surface area (Å²) < 4.78 is 4.87. The van der Waals surface area contributed by atoms with Gasteiger partial charge in [-0.2, -0.15) is 0 Å². The molecule has 0 aliphatic rings. The number of amides is 1. The van der Waals surface area contributed by atoms with Gasteiger partial charge in [0.25, 0.3) is 0 Å². The number of nitrogens with one attached hydrogen (secondary N) is 1. The molecule has 0 aliphatic carbocycles. The number of hydrogen-bond acceptors (Lipinski definition) is 3. The zero-order chi connectivity index (χ0) is 15.1. The Hall–Kier alpha value is -1.10. The van der Waals surface area contributed by atoms with Crippen LogP contribution in [0.1, 0.15) is 37.8 Å². The molecule has 0 saturated carbocycles. The van der Waals surface area contributed by atoms with E-state index in [-0.39, 0.29) is 31.0 Å². The molecule has 0 spiro atoms. The first kappa shape index (κ1) is 19.9. The molecule has 0 bridgehead atoms. The van der Waals surface area contributed by atoms with E-state index >= 15 is 0 Å². The molecule has 0 saturated heterocycles. The lowest BCUT2D eigenvalue weighted by atomic mass is 9.99. The van der Waals surface area contributed by atoms with Gasteiger partial charge in [-0.3, -0.25) is 4.79 Å². The summed E-state index contributed by atoms with van der Waals surface area (Å²) >= 11 is 0. The summed E-state index contributed by atoms with van der Waals surface area (Å²) in [6.45, 7) is 6.57. The molecule has 2 unspecified atom stereocenters. The Morgan fingerprint density at radius 2 is 1.81 bits per heavy atom. The number of ether oxygens (including phenoxy) is 1. The summed E-state index contributed by atoms with van der Waals surface area (Å²) in [4.78, 5) is 11.8. The minimum atomic E-state index is -0.606. The van der Waals surface area contributed by atoms with E-state index in [1.807, 2.05) is 6.92 Å². The van der Waals surface area contributed by atoms with Crippen molar-refractivity contribution in [1.82, 2.24) is 5.32 Å². The van der Waals surface area contributed by atoms with Gasteiger partial charge >= 0.3 is 0 Å². The van der Waals surface area contributed by atoms with Crippen LogP contribution < -0.4 is 11.1 Å². The molecule has 3 N–H and O–H groups in total. The van der Waals surface area contributed by atoms with Gasteiger partial charge < -0.3 is 15.8 Å². The molecule has 5 heteroatoms. The number of nitrogens with two attached hydrogens (primary N) is 1. The summed E-state index contributed by atoms with van der Waals surface area (Å²) in [7, 11) is 1.53. The number of carbonyl (C=O) groups is 1. The van der Waals surface area contributed by atoms with E-state index in [0.717, 1.165) is 6.42 Å². The number of carbonyl (C=O) groups excluding carboxylic acids is 1. The molecule has 21 heavy (non-hydrogen) atoms. The van der Waals surface area contributed by atoms with Crippen molar-refractivity contribution >= 4 is 18.3 Å². The molecule has 0 aliphatic heterocycles. The van der Waals surface area contributed by atoms with Crippen LogP contribution in [0.4, 0.5) is 0 Å². The van der Waals surface area contributed by atoms with Gasteiger partial charge in [0.15, 0.2) is 0 Å².